The van der Waals surface area contributed by atoms with Gasteiger partial charge in [0.15, 0.2) is 0 Å². The molecule has 9 nitrogen and oxygen atoms in total. The van der Waals surface area contributed by atoms with Crippen molar-refractivity contribution in [2.75, 3.05) is 13.1 Å². The molecule has 1 aliphatic rings. The van der Waals surface area contributed by atoms with E-state index in [1.165, 1.54) is 29.6 Å². The van der Waals surface area contributed by atoms with Crippen LogP contribution in [0.15, 0.2) is 78.9 Å². The fraction of sp³-hybridized carbons (Fsp3) is 0.250. The minimum Gasteiger partial charge on any atom is -0.299 e. The number of piperidine rings is 1. The molecule has 1 saturated heterocycles. The van der Waals surface area contributed by atoms with Gasteiger partial charge in [-0.1, -0.05) is 61.0 Å². The van der Waals surface area contributed by atoms with E-state index in [0.717, 1.165) is 30.8 Å². The molecule has 0 spiro atoms. The predicted molar refractivity (Wildman–Crippen MR) is 139 cm³/mol. The molecule has 4 aromatic rings. The summed E-state index contributed by atoms with van der Waals surface area (Å²) in [5.74, 6) is -0.197. The van der Waals surface area contributed by atoms with Crippen molar-refractivity contribution in [3.05, 3.63) is 101 Å². The lowest BCUT2D eigenvalue weighted by Crippen LogP contribution is -2.41. The summed E-state index contributed by atoms with van der Waals surface area (Å²) in [6.45, 7) is 3.57. The number of aromatic nitrogens is 4. The van der Waals surface area contributed by atoms with Crippen LogP contribution in [0.5, 0.6) is 0 Å². The highest BCUT2D eigenvalue weighted by Gasteiger charge is 2.13. The minimum atomic E-state index is -0.396. The lowest BCUT2D eigenvalue weighted by Gasteiger charge is -2.26. The summed E-state index contributed by atoms with van der Waals surface area (Å²) in [6.07, 6.45) is 3.80. The first-order chi connectivity index (χ1) is 18.1. The summed E-state index contributed by atoms with van der Waals surface area (Å²) in [5.41, 5.74) is 8.89. The lowest BCUT2D eigenvalue weighted by atomic mass is 10.1. The Bertz CT molecular complexity index is 1330. The van der Waals surface area contributed by atoms with Crippen LogP contribution in [0.4, 0.5) is 0 Å². The van der Waals surface area contributed by atoms with Crippen LogP contribution in [0, 0.1) is 0 Å². The normalized spacial score (nSPS) is 13.7. The third kappa shape index (κ3) is 6.45. The van der Waals surface area contributed by atoms with E-state index in [1.54, 1.807) is 24.3 Å². The molecule has 3 aromatic carbocycles. The first-order valence-corrected chi connectivity index (χ1v) is 12.5. The molecule has 0 bridgehead atoms. The number of nitrogens with zero attached hydrogens (tertiary/aromatic N) is 5. The van der Waals surface area contributed by atoms with Crippen LogP contribution in [0.2, 0.25) is 0 Å². The molecule has 5 rings (SSSR count). The van der Waals surface area contributed by atoms with Gasteiger partial charge in [0, 0.05) is 23.2 Å². The average Bonchev–Trinajstić information content (AvgIpc) is 3.42. The molecule has 188 valence electrons. The molecule has 37 heavy (non-hydrogen) atoms. The number of carbonyl (C=O) groups excluding carboxylic acids is 2. The van der Waals surface area contributed by atoms with Gasteiger partial charge in [-0.15, -0.1) is 10.2 Å². The van der Waals surface area contributed by atoms with E-state index in [9.17, 15) is 9.59 Å². The van der Waals surface area contributed by atoms with Gasteiger partial charge in [-0.2, -0.15) is 4.80 Å². The Hall–Kier alpha value is -4.37. The zero-order chi connectivity index (χ0) is 25.5. The molecule has 9 heteroatoms. The van der Waals surface area contributed by atoms with E-state index < -0.39 is 5.91 Å². The maximum Gasteiger partial charge on any atom is 0.269 e. The lowest BCUT2D eigenvalue weighted by molar-refractivity contribution is 0.0846. The molecule has 2 heterocycles. The fourth-order valence-corrected chi connectivity index (χ4v) is 4.33. The Morgan fingerprint density at radius 3 is 1.86 bits per heavy atom. The van der Waals surface area contributed by atoms with Crippen LogP contribution < -0.4 is 10.9 Å². The van der Waals surface area contributed by atoms with Gasteiger partial charge in [0.05, 0.1) is 6.54 Å². The van der Waals surface area contributed by atoms with Gasteiger partial charge >= 0.3 is 0 Å². The van der Waals surface area contributed by atoms with Crippen molar-refractivity contribution >= 4 is 11.8 Å². The van der Waals surface area contributed by atoms with E-state index in [-0.39, 0.29) is 5.91 Å². The molecule has 0 unspecified atom stereocenters. The first-order valence-electron chi connectivity index (χ1n) is 12.5. The van der Waals surface area contributed by atoms with Crippen LogP contribution in [0.1, 0.15) is 51.1 Å². The minimum absolute atomic E-state index is 0.360. The second-order valence-corrected chi connectivity index (χ2v) is 9.15. The Kier molecular flexibility index (Phi) is 7.61. The number of amides is 2. The maximum atomic E-state index is 12.5. The fourth-order valence-electron chi connectivity index (χ4n) is 4.33. The number of nitrogens with one attached hydrogen (secondary N) is 2. The van der Waals surface area contributed by atoms with Crippen LogP contribution in [0.3, 0.4) is 0 Å². The van der Waals surface area contributed by atoms with Crippen molar-refractivity contribution in [1.29, 1.82) is 0 Å². The van der Waals surface area contributed by atoms with Gasteiger partial charge in [-0.25, -0.2) is 0 Å². The van der Waals surface area contributed by atoms with Crippen molar-refractivity contribution in [2.45, 2.75) is 32.4 Å². The highest BCUT2D eigenvalue weighted by molar-refractivity contribution is 5.99. The number of likely N-dealkylation sites (tertiary alicyclic amines) is 1. The van der Waals surface area contributed by atoms with Crippen LogP contribution in [0.25, 0.3) is 11.4 Å². The largest absolute Gasteiger partial charge is 0.299 e. The highest BCUT2D eigenvalue weighted by atomic mass is 16.2. The molecule has 0 saturated carbocycles. The van der Waals surface area contributed by atoms with Gasteiger partial charge in [0.2, 0.25) is 5.82 Å². The van der Waals surface area contributed by atoms with Gasteiger partial charge in [-0.05, 0) is 66.5 Å². The Morgan fingerprint density at radius 1 is 0.703 bits per heavy atom. The maximum absolute atomic E-state index is 12.5. The number of tetrazole rings is 1. The van der Waals surface area contributed by atoms with Crippen LogP contribution in [-0.2, 0) is 13.1 Å². The van der Waals surface area contributed by atoms with Crippen molar-refractivity contribution < 1.29 is 9.59 Å². The monoisotopic (exact) mass is 495 g/mol. The summed E-state index contributed by atoms with van der Waals surface area (Å²) in [7, 11) is 0. The van der Waals surface area contributed by atoms with Gasteiger partial charge in [0.1, 0.15) is 0 Å². The quantitative estimate of drug-likeness (QED) is 0.381. The van der Waals surface area contributed by atoms with Crippen molar-refractivity contribution in [3.63, 3.8) is 0 Å². The smallest absolute Gasteiger partial charge is 0.269 e. The Balaban J connectivity index is 1.11. The first kappa shape index (κ1) is 24.3. The van der Waals surface area contributed by atoms with Crippen molar-refractivity contribution in [3.8, 4) is 11.4 Å². The summed E-state index contributed by atoms with van der Waals surface area (Å²) < 4.78 is 0. The zero-order valence-electron chi connectivity index (χ0n) is 20.5. The average molecular weight is 496 g/mol. The van der Waals surface area contributed by atoms with Crippen LogP contribution >= 0.6 is 0 Å². The SMILES string of the molecule is O=C(NNC(=O)c1ccc(Cn2nnc(-c3ccccc3)n2)cc1)c1ccc(CN2CCCCC2)cc1. The van der Waals surface area contributed by atoms with E-state index >= 15 is 0 Å². The van der Waals surface area contributed by atoms with E-state index in [1.807, 2.05) is 54.6 Å². The van der Waals surface area contributed by atoms with E-state index in [0.29, 0.717) is 23.5 Å². The van der Waals surface area contributed by atoms with Gasteiger partial charge < -0.3 is 0 Å². The number of carbonyl (C=O) groups is 2. The number of hydrogen-bond donors (Lipinski definition) is 2. The number of benzene rings is 3. The molecule has 0 atom stereocenters. The molecule has 2 amide bonds. The summed E-state index contributed by atoms with van der Waals surface area (Å²) in [6, 6.07) is 24.2. The third-order valence-corrected chi connectivity index (χ3v) is 6.39. The standard InChI is InChI=1S/C28H29N7O2/c36-27(24-13-9-21(10-14-24)19-34-17-5-2-6-18-34)30-31-28(37)25-15-11-22(12-16-25)20-35-32-26(29-33-35)23-7-3-1-4-8-23/h1,3-4,7-16H,2,5-6,17-20H2,(H,30,36)(H,31,37). The predicted octanol–water partition coefficient (Wildman–Crippen LogP) is 3.45. The van der Waals surface area contributed by atoms with Crippen molar-refractivity contribution in [1.82, 2.24) is 36.0 Å². The zero-order valence-corrected chi connectivity index (χ0v) is 20.5. The molecule has 1 aliphatic heterocycles. The van der Waals surface area contributed by atoms with E-state index in [2.05, 4.69) is 31.2 Å². The number of hydrogen-bond acceptors (Lipinski definition) is 6. The molecular weight excluding hydrogens is 466 g/mol. The molecule has 2 N–H and O–H groups in total. The molecule has 0 radical (unpaired) electrons. The molecule has 1 aromatic heterocycles. The molecular formula is C28H29N7O2. The van der Waals surface area contributed by atoms with E-state index in [4.69, 9.17) is 0 Å². The summed E-state index contributed by atoms with van der Waals surface area (Å²) >= 11 is 0. The summed E-state index contributed by atoms with van der Waals surface area (Å²) in [5, 5.41) is 12.6. The Labute approximate surface area is 215 Å². The molecule has 0 aliphatic carbocycles. The molecule has 1 fully saturated rings. The van der Waals surface area contributed by atoms with Crippen molar-refractivity contribution in [2.24, 2.45) is 0 Å². The third-order valence-electron chi connectivity index (χ3n) is 6.39. The van der Waals surface area contributed by atoms with Crippen LogP contribution in [-0.4, -0.2) is 50.0 Å². The topological polar surface area (TPSA) is 105 Å². The summed E-state index contributed by atoms with van der Waals surface area (Å²) in [4.78, 5) is 28.9. The highest BCUT2D eigenvalue weighted by Crippen LogP contribution is 2.14. The second-order valence-electron chi connectivity index (χ2n) is 9.15. The number of hydrazine groups is 1. The Morgan fingerprint density at radius 2 is 1.27 bits per heavy atom. The van der Waals surface area contributed by atoms with Gasteiger partial charge in [-0.3, -0.25) is 25.3 Å². The van der Waals surface area contributed by atoms with Gasteiger partial charge in [0.25, 0.3) is 11.8 Å². The number of rotatable bonds is 7. The second kappa shape index (κ2) is 11.6.